The molecule has 2 atom stereocenters. The summed E-state index contributed by atoms with van der Waals surface area (Å²) < 4.78 is 11.7. The highest BCUT2D eigenvalue weighted by Gasteiger charge is 2.42. The Morgan fingerprint density at radius 3 is 2.62 bits per heavy atom. The molecule has 1 N–H and O–H groups in total. The Bertz CT molecular complexity index is 526. The molecule has 134 valence electrons. The van der Waals surface area contributed by atoms with Gasteiger partial charge in [0.25, 0.3) is 5.91 Å². The van der Waals surface area contributed by atoms with Crippen LogP contribution in [0.2, 0.25) is 0 Å². The molecule has 0 unspecified atom stereocenters. The van der Waals surface area contributed by atoms with Crippen molar-refractivity contribution in [3.63, 3.8) is 0 Å². The second-order valence-corrected chi connectivity index (χ2v) is 7.19. The smallest absolute Gasteiger partial charge is 0.256 e. The van der Waals surface area contributed by atoms with E-state index in [0.29, 0.717) is 12.5 Å². The number of anilines is 1. The van der Waals surface area contributed by atoms with E-state index in [2.05, 4.69) is 19.2 Å². The standard InChI is InChI=1S/C20H31NO3/c1-5-13-23-20(12-6-7-16(4)14-20)19(22)21-17-8-10-18(11-9-17)24-15(2)3/h8-11,15-16H,5-7,12-14H2,1-4H3,(H,21,22)/t16-,20+/m1/s1. The zero-order valence-electron chi connectivity index (χ0n) is 15.4. The molecular formula is C20H31NO3. The molecule has 0 heterocycles. The molecule has 1 aliphatic carbocycles. The third-order valence-corrected chi connectivity index (χ3v) is 4.44. The van der Waals surface area contributed by atoms with Crippen LogP contribution in [0.5, 0.6) is 5.75 Å². The Morgan fingerprint density at radius 1 is 1.33 bits per heavy atom. The summed E-state index contributed by atoms with van der Waals surface area (Å²) in [6.07, 6.45) is 4.88. The van der Waals surface area contributed by atoms with Gasteiger partial charge in [0.05, 0.1) is 6.10 Å². The Labute approximate surface area is 145 Å². The summed E-state index contributed by atoms with van der Waals surface area (Å²) in [6.45, 7) is 8.89. The van der Waals surface area contributed by atoms with Crippen LogP contribution in [-0.4, -0.2) is 24.2 Å². The number of hydrogen-bond acceptors (Lipinski definition) is 3. The number of benzene rings is 1. The lowest BCUT2D eigenvalue weighted by atomic mass is 9.78. The Balaban J connectivity index is 2.06. The lowest BCUT2D eigenvalue weighted by molar-refractivity contribution is -0.148. The van der Waals surface area contributed by atoms with Gasteiger partial charge in [0.2, 0.25) is 0 Å². The molecule has 24 heavy (non-hydrogen) atoms. The number of carbonyl (C=O) groups excluding carboxylic acids is 1. The maximum absolute atomic E-state index is 12.9. The van der Waals surface area contributed by atoms with Crippen LogP contribution in [-0.2, 0) is 9.53 Å². The molecule has 1 saturated carbocycles. The molecule has 0 radical (unpaired) electrons. The third kappa shape index (κ3) is 4.97. The zero-order chi connectivity index (χ0) is 17.6. The van der Waals surface area contributed by atoms with Crippen molar-refractivity contribution in [2.24, 2.45) is 5.92 Å². The molecule has 0 saturated heterocycles. The second kappa shape index (κ2) is 8.52. The van der Waals surface area contributed by atoms with Gasteiger partial charge in [-0.3, -0.25) is 4.79 Å². The molecule has 1 aliphatic rings. The predicted octanol–water partition coefficient (Wildman–Crippen LogP) is 4.79. The van der Waals surface area contributed by atoms with Gasteiger partial charge in [-0.25, -0.2) is 0 Å². The van der Waals surface area contributed by atoms with Gasteiger partial charge in [-0.1, -0.05) is 20.3 Å². The van der Waals surface area contributed by atoms with E-state index in [-0.39, 0.29) is 12.0 Å². The van der Waals surface area contributed by atoms with Crippen molar-refractivity contribution in [1.29, 1.82) is 0 Å². The van der Waals surface area contributed by atoms with Gasteiger partial charge >= 0.3 is 0 Å². The molecule has 2 rings (SSSR count). The van der Waals surface area contributed by atoms with Crippen LogP contribution in [0, 0.1) is 5.92 Å². The summed E-state index contributed by atoms with van der Waals surface area (Å²) in [6, 6.07) is 7.54. The van der Waals surface area contributed by atoms with E-state index in [4.69, 9.17) is 9.47 Å². The summed E-state index contributed by atoms with van der Waals surface area (Å²) in [7, 11) is 0. The molecule has 4 heteroatoms. The normalized spacial score (nSPS) is 24.0. The lowest BCUT2D eigenvalue weighted by Gasteiger charge is -2.38. The highest BCUT2D eigenvalue weighted by molar-refractivity contribution is 5.97. The van der Waals surface area contributed by atoms with Gasteiger partial charge < -0.3 is 14.8 Å². The highest BCUT2D eigenvalue weighted by Crippen LogP contribution is 2.36. The summed E-state index contributed by atoms with van der Waals surface area (Å²) in [4.78, 5) is 12.9. The van der Waals surface area contributed by atoms with Crippen LogP contribution in [0.15, 0.2) is 24.3 Å². The van der Waals surface area contributed by atoms with E-state index in [1.807, 2.05) is 38.1 Å². The van der Waals surface area contributed by atoms with Gasteiger partial charge in [-0.05, 0) is 69.7 Å². The monoisotopic (exact) mass is 333 g/mol. The first-order valence-corrected chi connectivity index (χ1v) is 9.17. The molecule has 1 amide bonds. The Morgan fingerprint density at radius 2 is 2.04 bits per heavy atom. The summed E-state index contributed by atoms with van der Waals surface area (Å²) in [5.41, 5.74) is 0.106. The zero-order valence-corrected chi connectivity index (χ0v) is 15.4. The molecule has 1 aromatic carbocycles. The van der Waals surface area contributed by atoms with Gasteiger partial charge in [0.15, 0.2) is 0 Å². The van der Waals surface area contributed by atoms with Gasteiger partial charge in [-0.2, -0.15) is 0 Å². The summed E-state index contributed by atoms with van der Waals surface area (Å²) in [5, 5.41) is 3.04. The van der Waals surface area contributed by atoms with Crippen LogP contribution in [0.3, 0.4) is 0 Å². The van der Waals surface area contributed by atoms with Crippen molar-refractivity contribution < 1.29 is 14.3 Å². The molecule has 4 nitrogen and oxygen atoms in total. The summed E-state index contributed by atoms with van der Waals surface area (Å²) in [5.74, 6) is 1.31. The number of ether oxygens (including phenoxy) is 2. The quantitative estimate of drug-likeness (QED) is 0.780. The molecule has 0 spiro atoms. The molecule has 0 bridgehead atoms. The molecule has 1 aromatic rings. The van der Waals surface area contributed by atoms with Crippen LogP contribution < -0.4 is 10.1 Å². The van der Waals surface area contributed by atoms with Crippen molar-refractivity contribution in [2.45, 2.75) is 71.5 Å². The van der Waals surface area contributed by atoms with E-state index in [1.54, 1.807) is 0 Å². The number of nitrogens with one attached hydrogen (secondary N) is 1. The van der Waals surface area contributed by atoms with Crippen molar-refractivity contribution >= 4 is 11.6 Å². The van der Waals surface area contributed by atoms with E-state index in [1.165, 1.54) is 6.42 Å². The van der Waals surface area contributed by atoms with Crippen molar-refractivity contribution in [2.75, 3.05) is 11.9 Å². The first-order valence-electron chi connectivity index (χ1n) is 9.17. The fourth-order valence-corrected chi connectivity index (χ4v) is 3.34. The lowest BCUT2D eigenvalue weighted by Crippen LogP contribution is -2.48. The predicted molar refractivity (Wildman–Crippen MR) is 97.4 cm³/mol. The van der Waals surface area contributed by atoms with Crippen LogP contribution in [0.1, 0.15) is 59.8 Å². The van der Waals surface area contributed by atoms with Gasteiger partial charge in [0, 0.05) is 12.3 Å². The first-order chi connectivity index (χ1) is 11.4. The number of carbonyl (C=O) groups is 1. The maximum Gasteiger partial charge on any atom is 0.256 e. The number of amides is 1. The van der Waals surface area contributed by atoms with Crippen molar-refractivity contribution in [3.8, 4) is 5.75 Å². The second-order valence-electron chi connectivity index (χ2n) is 7.19. The van der Waals surface area contributed by atoms with Crippen LogP contribution >= 0.6 is 0 Å². The van der Waals surface area contributed by atoms with Crippen molar-refractivity contribution in [1.82, 2.24) is 0 Å². The molecular weight excluding hydrogens is 302 g/mol. The molecule has 1 fully saturated rings. The van der Waals surface area contributed by atoms with Gasteiger partial charge in [0.1, 0.15) is 11.4 Å². The van der Waals surface area contributed by atoms with Crippen LogP contribution in [0.4, 0.5) is 5.69 Å². The fourth-order valence-electron chi connectivity index (χ4n) is 3.34. The van der Waals surface area contributed by atoms with E-state index in [9.17, 15) is 4.79 Å². The minimum Gasteiger partial charge on any atom is -0.491 e. The number of rotatable bonds is 7. The topological polar surface area (TPSA) is 47.6 Å². The maximum atomic E-state index is 12.9. The Kier molecular flexibility index (Phi) is 6.67. The van der Waals surface area contributed by atoms with Crippen molar-refractivity contribution in [3.05, 3.63) is 24.3 Å². The first kappa shape index (κ1) is 18.8. The number of hydrogen-bond donors (Lipinski definition) is 1. The highest BCUT2D eigenvalue weighted by atomic mass is 16.5. The fraction of sp³-hybridized carbons (Fsp3) is 0.650. The Hall–Kier alpha value is -1.55. The van der Waals surface area contributed by atoms with Crippen LogP contribution in [0.25, 0.3) is 0 Å². The van der Waals surface area contributed by atoms with E-state index >= 15 is 0 Å². The SMILES string of the molecule is CCCO[C@@]1(C(=O)Nc2ccc(OC(C)C)cc2)CCC[C@@H](C)C1. The molecule has 0 aliphatic heterocycles. The van der Waals surface area contributed by atoms with E-state index < -0.39 is 5.60 Å². The van der Waals surface area contributed by atoms with E-state index in [0.717, 1.165) is 37.1 Å². The summed E-state index contributed by atoms with van der Waals surface area (Å²) >= 11 is 0. The minimum atomic E-state index is -0.680. The minimum absolute atomic E-state index is 0.0139. The average molecular weight is 333 g/mol. The molecule has 0 aromatic heterocycles. The average Bonchev–Trinajstić information content (AvgIpc) is 2.54. The largest absolute Gasteiger partial charge is 0.491 e. The third-order valence-electron chi connectivity index (χ3n) is 4.44. The van der Waals surface area contributed by atoms with Gasteiger partial charge in [-0.15, -0.1) is 0 Å².